The van der Waals surface area contributed by atoms with Crippen LogP contribution in [0.5, 0.6) is 5.75 Å². The van der Waals surface area contributed by atoms with Crippen molar-refractivity contribution in [2.24, 2.45) is 5.92 Å². The average Bonchev–Trinajstić information content (AvgIpc) is 2.55. The topological polar surface area (TPSA) is 108 Å². The predicted octanol–water partition coefficient (Wildman–Crippen LogP) is 4.67. The summed E-state index contributed by atoms with van der Waals surface area (Å²) in [4.78, 5) is 20.6. The lowest BCUT2D eigenvalue weighted by molar-refractivity contribution is -0.393. The third-order valence-corrected chi connectivity index (χ3v) is 3.47. The van der Waals surface area contributed by atoms with Crippen molar-refractivity contribution in [1.82, 2.24) is 0 Å². The van der Waals surface area contributed by atoms with E-state index in [9.17, 15) is 20.2 Å². The molecule has 8 heteroatoms. The number of hydrogen-bond donors (Lipinski definition) is 1. The Balaban J connectivity index is 2.19. The highest BCUT2D eigenvalue weighted by molar-refractivity contribution is 5.72. The Hall–Kier alpha value is -3.16. The quantitative estimate of drug-likeness (QED) is 0.550. The van der Waals surface area contributed by atoms with Crippen molar-refractivity contribution in [1.29, 1.82) is 0 Å². The SMILES string of the molecule is CC(C)CCOc1cccc(Nc2ccc([N+](=O)[O-])cc2[N+](=O)[O-])c1. The lowest BCUT2D eigenvalue weighted by Gasteiger charge is -2.11. The molecule has 0 fully saturated rings. The molecule has 0 aliphatic carbocycles. The highest BCUT2D eigenvalue weighted by Crippen LogP contribution is 2.32. The standard InChI is InChI=1S/C17H19N3O5/c1-12(2)8-9-25-15-5-3-4-13(10-15)18-16-7-6-14(19(21)22)11-17(16)20(23)24/h3-7,10-12,18H,8-9H2,1-2H3. The van der Waals surface area contributed by atoms with Gasteiger partial charge in [-0.2, -0.15) is 0 Å². The van der Waals surface area contributed by atoms with Gasteiger partial charge in [0, 0.05) is 17.8 Å². The van der Waals surface area contributed by atoms with Gasteiger partial charge in [-0.1, -0.05) is 19.9 Å². The first-order valence-corrected chi connectivity index (χ1v) is 7.79. The zero-order chi connectivity index (χ0) is 18.4. The molecule has 2 rings (SSSR count). The van der Waals surface area contributed by atoms with E-state index in [1.54, 1.807) is 24.3 Å². The summed E-state index contributed by atoms with van der Waals surface area (Å²) in [5.74, 6) is 1.18. The lowest BCUT2D eigenvalue weighted by atomic mass is 10.1. The summed E-state index contributed by atoms with van der Waals surface area (Å²) in [6.45, 7) is 4.79. The van der Waals surface area contributed by atoms with Crippen LogP contribution in [0.25, 0.3) is 0 Å². The monoisotopic (exact) mass is 345 g/mol. The second kappa shape index (κ2) is 8.09. The average molecular weight is 345 g/mol. The van der Waals surface area contributed by atoms with Gasteiger partial charge in [-0.15, -0.1) is 0 Å². The molecule has 0 saturated carbocycles. The van der Waals surface area contributed by atoms with Gasteiger partial charge in [-0.05, 0) is 30.5 Å². The van der Waals surface area contributed by atoms with Gasteiger partial charge in [0.25, 0.3) is 11.4 Å². The summed E-state index contributed by atoms with van der Waals surface area (Å²) < 4.78 is 5.66. The Kier molecular flexibility index (Phi) is 5.89. The molecule has 0 unspecified atom stereocenters. The largest absolute Gasteiger partial charge is 0.494 e. The minimum Gasteiger partial charge on any atom is -0.494 e. The van der Waals surface area contributed by atoms with Crippen molar-refractivity contribution < 1.29 is 14.6 Å². The maximum atomic E-state index is 11.2. The number of nitrogens with zero attached hydrogens (tertiary/aromatic N) is 2. The van der Waals surface area contributed by atoms with Gasteiger partial charge in [0.05, 0.1) is 22.5 Å². The third-order valence-electron chi connectivity index (χ3n) is 3.47. The van der Waals surface area contributed by atoms with Gasteiger partial charge in [0.1, 0.15) is 11.4 Å². The van der Waals surface area contributed by atoms with Gasteiger partial charge in [0.15, 0.2) is 0 Å². The fraction of sp³-hybridized carbons (Fsp3) is 0.294. The third kappa shape index (κ3) is 5.17. The fourth-order valence-electron chi connectivity index (χ4n) is 2.12. The number of nitro benzene ring substituents is 2. The normalized spacial score (nSPS) is 10.5. The molecule has 25 heavy (non-hydrogen) atoms. The Morgan fingerprint density at radius 3 is 2.48 bits per heavy atom. The molecule has 2 aromatic rings. The van der Waals surface area contributed by atoms with E-state index in [1.165, 1.54) is 12.1 Å². The molecule has 0 spiro atoms. The summed E-state index contributed by atoms with van der Waals surface area (Å²) >= 11 is 0. The summed E-state index contributed by atoms with van der Waals surface area (Å²) in [7, 11) is 0. The van der Waals surface area contributed by atoms with E-state index in [1.807, 2.05) is 0 Å². The summed E-state index contributed by atoms with van der Waals surface area (Å²) in [6, 6.07) is 10.5. The van der Waals surface area contributed by atoms with Crippen LogP contribution in [0.3, 0.4) is 0 Å². The zero-order valence-corrected chi connectivity index (χ0v) is 14.0. The Bertz CT molecular complexity index is 777. The molecule has 0 atom stereocenters. The number of anilines is 2. The van der Waals surface area contributed by atoms with Crippen LogP contribution < -0.4 is 10.1 Å². The number of non-ortho nitro benzene ring substituents is 1. The van der Waals surface area contributed by atoms with Crippen LogP contribution in [0.2, 0.25) is 0 Å². The van der Waals surface area contributed by atoms with Crippen molar-refractivity contribution in [2.45, 2.75) is 20.3 Å². The molecule has 132 valence electrons. The predicted molar refractivity (Wildman–Crippen MR) is 94.4 cm³/mol. The molecule has 0 amide bonds. The van der Waals surface area contributed by atoms with E-state index in [-0.39, 0.29) is 17.1 Å². The molecule has 0 aliphatic rings. The van der Waals surface area contributed by atoms with E-state index in [0.717, 1.165) is 12.5 Å². The van der Waals surface area contributed by atoms with Gasteiger partial charge in [-0.25, -0.2) is 0 Å². The molecule has 0 bridgehead atoms. The second-order valence-electron chi connectivity index (χ2n) is 5.90. The highest BCUT2D eigenvalue weighted by Gasteiger charge is 2.19. The van der Waals surface area contributed by atoms with E-state index in [2.05, 4.69) is 19.2 Å². The van der Waals surface area contributed by atoms with Crippen molar-refractivity contribution in [3.63, 3.8) is 0 Å². The first-order valence-electron chi connectivity index (χ1n) is 7.79. The molecule has 0 aliphatic heterocycles. The highest BCUT2D eigenvalue weighted by atomic mass is 16.6. The number of rotatable bonds is 8. The summed E-state index contributed by atoms with van der Waals surface area (Å²) in [6.07, 6.45) is 0.922. The van der Waals surface area contributed by atoms with E-state index in [0.29, 0.717) is 24.0 Å². The fourth-order valence-corrected chi connectivity index (χ4v) is 2.12. The van der Waals surface area contributed by atoms with Crippen LogP contribution in [0.15, 0.2) is 42.5 Å². The van der Waals surface area contributed by atoms with Crippen molar-refractivity contribution in [3.8, 4) is 5.75 Å². The smallest absolute Gasteiger partial charge is 0.299 e. The molecule has 0 aromatic heterocycles. The minimum atomic E-state index is -0.667. The van der Waals surface area contributed by atoms with Crippen LogP contribution >= 0.6 is 0 Å². The van der Waals surface area contributed by atoms with Crippen LogP contribution in [0.1, 0.15) is 20.3 Å². The van der Waals surface area contributed by atoms with Crippen molar-refractivity contribution >= 4 is 22.7 Å². The van der Waals surface area contributed by atoms with E-state index < -0.39 is 9.85 Å². The first-order chi connectivity index (χ1) is 11.9. The molecule has 1 N–H and O–H groups in total. The minimum absolute atomic E-state index is 0.176. The van der Waals surface area contributed by atoms with Crippen molar-refractivity contribution in [2.75, 3.05) is 11.9 Å². The van der Waals surface area contributed by atoms with Crippen molar-refractivity contribution in [3.05, 3.63) is 62.7 Å². The van der Waals surface area contributed by atoms with Gasteiger partial charge >= 0.3 is 0 Å². The Morgan fingerprint density at radius 2 is 1.84 bits per heavy atom. The lowest BCUT2D eigenvalue weighted by Crippen LogP contribution is -2.02. The second-order valence-corrected chi connectivity index (χ2v) is 5.90. The van der Waals surface area contributed by atoms with Gasteiger partial charge in [-0.3, -0.25) is 20.2 Å². The molecule has 2 aromatic carbocycles. The number of nitrogens with one attached hydrogen (secondary N) is 1. The maximum Gasteiger partial charge on any atom is 0.299 e. The number of hydrogen-bond acceptors (Lipinski definition) is 6. The van der Waals surface area contributed by atoms with Crippen LogP contribution in [0.4, 0.5) is 22.7 Å². The summed E-state index contributed by atoms with van der Waals surface area (Å²) in [5.41, 5.74) is 0.0808. The number of ether oxygens (including phenoxy) is 1. The molecular formula is C17H19N3O5. The maximum absolute atomic E-state index is 11.2. The molecule has 0 heterocycles. The van der Waals surface area contributed by atoms with Crippen LogP contribution in [-0.2, 0) is 0 Å². The Labute approximate surface area is 144 Å². The van der Waals surface area contributed by atoms with E-state index >= 15 is 0 Å². The van der Waals surface area contributed by atoms with Crippen LogP contribution in [-0.4, -0.2) is 16.5 Å². The Morgan fingerprint density at radius 1 is 1.08 bits per heavy atom. The number of benzene rings is 2. The molecule has 0 saturated heterocycles. The molecular weight excluding hydrogens is 326 g/mol. The van der Waals surface area contributed by atoms with Gasteiger partial charge in [0.2, 0.25) is 0 Å². The summed E-state index contributed by atoms with van der Waals surface area (Å²) in [5, 5.41) is 24.9. The zero-order valence-electron chi connectivity index (χ0n) is 14.0. The number of nitro groups is 2. The molecule has 8 nitrogen and oxygen atoms in total. The first kappa shape index (κ1) is 18.2. The van der Waals surface area contributed by atoms with E-state index in [4.69, 9.17) is 4.74 Å². The molecule has 0 radical (unpaired) electrons. The van der Waals surface area contributed by atoms with Crippen LogP contribution in [0, 0.1) is 26.1 Å². The van der Waals surface area contributed by atoms with Gasteiger partial charge < -0.3 is 10.1 Å².